The lowest BCUT2D eigenvalue weighted by molar-refractivity contribution is -0.656. The van der Waals surface area contributed by atoms with Crippen molar-refractivity contribution in [2.45, 2.75) is 6.42 Å². The molecule has 96 valence electrons. The van der Waals surface area contributed by atoms with E-state index < -0.39 is 0 Å². The lowest BCUT2D eigenvalue weighted by Crippen LogP contribution is -2.85. The van der Waals surface area contributed by atoms with Gasteiger partial charge in [-0.15, -0.1) is 0 Å². The van der Waals surface area contributed by atoms with E-state index in [0.717, 1.165) is 36.3 Å². The van der Waals surface area contributed by atoms with Crippen LogP contribution in [0.1, 0.15) is 6.42 Å². The number of rotatable bonds is 8. The topological polar surface area (TPSA) is 35.1 Å². The van der Waals surface area contributed by atoms with Crippen molar-refractivity contribution in [2.75, 3.05) is 33.4 Å². The third-order valence-corrected chi connectivity index (χ3v) is 3.02. The lowest BCUT2D eigenvalue weighted by atomic mass is 10.3. The highest BCUT2D eigenvalue weighted by Gasteiger charge is 2.01. The fourth-order valence-corrected chi connectivity index (χ4v) is 2.08. The Morgan fingerprint density at radius 3 is 2.82 bits per heavy atom. The second kappa shape index (κ2) is 8.75. The van der Waals surface area contributed by atoms with Crippen LogP contribution in [0.3, 0.4) is 0 Å². The quantitative estimate of drug-likeness (QED) is 0.744. The van der Waals surface area contributed by atoms with Crippen molar-refractivity contribution in [3.05, 3.63) is 27.7 Å². The summed E-state index contributed by atoms with van der Waals surface area (Å²) in [5.41, 5.74) is 0. The molecule has 0 aliphatic heterocycles. The van der Waals surface area contributed by atoms with Gasteiger partial charge in [-0.25, -0.2) is 0 Å². The lowest BCUT2D eigenvalue weighted by Gasteiger charge is -2.07. The molecule has 17 heavy (non-hydrogen) atoms. The predicted molar refractivity (Wildman–Crippen MR) is 72.8 cm³/mol. The van der Waals surface area contributed by atoms with Gasteiger partial charge in [0.15, 0.2) is 0 Å². The van der Waals surface area contributed by atoms with Crippen LogP contribution in [0.2, 0.25) is 5.02 Å². The molecule has 0 aromatic heterocycles. The Bertz CT molecular complexity index is 336. The summed E-state index contributed by atoms with van der Waals surface area (Å²) in [7, 11) is 1.71. The van der Waals surface area contributed by atoms with Gasteiger partial charge in [-0.05, 0) is 18.2 Å². The first-order valence-corrected chi connectivity index (χ1v) is 6.79. The average molecular weight is 324 g/mol. The van der Waals surface area contributed by atoms with Crippen LogP contribution in [0.15, 0.2) is 22.7 Å². The van der Waals surface area contributed by atoms with Gasteiger partial charge in [0, 0.05) is 18.0 Å². The van der Waals surface area contributed by atoms with E-state index >= 15 is 0 Å². The number of ether oxygens (including phenoxy) is 2. The second-order valence-corrected chi connectivity index (χ2v) is 4.96. The van der Waals surface area contributed by atoms with Crippen molar-refractivity contribution >= 4 is 27.5 Å². The Morgan fingerprint density at radius 2 is 2.12 bits per heavy atom. The molecule has 0 unspecified atom stereocenters. The van der Waals surface area contributed by atoms with Gasteiger partial charge < -0.3 is 14.8 Å². The van der Waals surface area contributed by atoms with Crippen LogP contribution in [0.5, 0.6) is 5.75 Å². The summed E-state index contributed by atoms with van der Waals surface area (Å²) < 4.78 is 11.5. The van der Waals surface area contributed by atoms with Crippen LogP contribution in [-0.4, -0.2) is 33.4 Å². The number of benzene rings is 1. The third-order valence-electron chi connectivity index (χ3n) is 2.23. The highest BCUT2D eigenvalue weighted by atomic mass is 79.9. The highest BCUT2D eigenvalue weighted by molar-refractivity contribution is 9.10. The van der Waals surface area contributed by atoms with Gasteiger partial charge in [-0.2, -0.15) is 0 Å². The molecule has 1 aromatic rings. The van der Waals surface area contributed by atoms with Gasteiger partial charge in [-0.1, -0.05) is 27.5 Å². The first kappa shape index (κ1) is 14.8. The van der Waals surface area contributed by atoms with Crippen LogP contribution in [0, 0.1) is 0 Å². The van der Waals surface area contributed by atoms with Crippen molar-refractivity contribution in [3.63, 3.8) is 0 Å². The minimum Gasteiger partial charge on any atom is -0.492 e. The molecule has 0 bridgehead atoms. The summed E-state index contributed by atoms with van der Waals surface area (Å²) in [5.74, 6) is 0.742. The van der Waals surface area contributed by atoms with E-state index in [4.69, 9.17) is 21.1 Å². The maximum absolute atomic E-state index is 6.03. The minimum absolute atomic E-state index is 0.641. The van der Waals surface area contributed by atoms with E-state index in [-0.39, 0.29) is 0 Å². The summed E-state index contributed by atoms with van der Waals surface area (Å²) in [5, 5.41) is 2.86. The maximum atomic E-state index is 6.03. The molecule has 0 aliphatic carbocycles. The second-order valence-electron chi connectivity index (χ2n) is 3.64. The van der Waals surface area contributed by atoms with Gasteiger partial charge in [0.05, 0.1) is 31.3 Å². The van der Waals surface area contributed by atoms with Crippen LogP contribution in [0.25, 0.3) is 0 Å². The SMILES string of the molecule is COCC[NH2+]CCCOc1ccc(Br)cc1Cl. The first-order valence-electron chi connectivity index (χ1n) is 5.62. The van der Waals surface area contributed by atoms with Crippen molar-refractivity contribution < 1.29 is 14.8 Å². The first-order chi connectivity index (χ1) is 8.24. The number of hydrogen-bond acceptors (Lipinski definition) is 2. The standard InChI is InChI=1S/C12H17BrClNO2/c1-16-8-6-15-5-2-7-17-12-4-3-10(13)9-11(12)14/h3-4,9,15H,2,5-8H2,1H3/p+1. The van der Waals surface area contributed by atoms with Gasteiger partial charge in [0.25, 0.3) is 0 Å². The van der Waals surface area contributed by atoms with Gasteiger partial charge in [0.1, 0.15) is 5.75 Å². The zero-order chi connectivity index (χ0) is 12.5. The summed E-state index contributed by atoms with van der Waals surface area (Å²) in [6.45, 7) is 3.51. The van der Waals surface area contributed by atoms with Crippen LogP contribution in [-0.2, 0) is 4.74 Å². The largest absolute Gasteiger partial charge is 0.492 e. The summed E-state index contributed by atoms with van der Waals surface area (Å²) in [4.78, 5) is 0. The minimum atomic E-state index is 0.641. The number of hydrogen-bond donors (Lipinski definition) is 1. The van der Waals surface area contributed by atoms with E-state index in [1.165, 1.54) is 0 Å². The van der Waals surface area contributed by atoms with Gasteiger partial charge >= 0.3 is 0 Å². The van der Waals surface area contributed by atoms with Crippen LogP contribution >= 0.6 is 27.5 Å². The van der Waals surface area contributed by atoms with Crippen LogP contribution < -0.4 is 10.1 Å². The molecule has 0 heterocycles. The van der Waals surface area contributed by atoms with E-state index in [2.05, 4.69) is 21.2 Å². The normalized spacial score (nSPS) is 10.5. The Balaban J connectivity index is 2.14. The summed E-state index contributed by atoms with van der Waals surface area (Å²) >= 11 is 9.39. The molecule has 0 radical (unpaired) electrons. The molecule has 0 spiro atoms. The van der Waals surface area contributed by atoms with Crippen LogP contribution in [0.4, 0.5) is 0 Å². The molecule has 2 N–H and O–H groups in total. The van der Waals surface area contributed by atoms with Crippen molar-refractivity contribution in [1.29, 1.82) is 0 Å². The number of quaternary nitrogens is 1. The van der Waals surface area contributed by atoms with E-state index in [1.807, 2.05) is 18.2 Å². The highest BCUT2D eigenvalue weighted by Crippen LogP contribution is 2.27. The molecular formula is C12H18BrClNO2+. The molecular weight excluding hydrogens is 305 g/mol. The van der Waals surface area contributed by atoms with E-state index in [9.17, 15) is 0 Å². The predicted octanol–water partition coefficient (Wildman–Crippen LogP) is 2.08. The molecule has 0 fully saturated rings. The fourth-order valence-electron chi connectivity index (χ4n) is 1.35. The van der Waals surface area contributed by atoms with Crippen molar-refractivity contribution in [2.24, 2.45) is 0 Å². The molecule has 0 aliphatic rings. The third kappa shape index (κ3) is 6.27. The Morgan fingerprint density at radius 1 is 1.29 bits per heavy atom. The summed E-state index contributed by atoms with van der Waals surface area (Å²) in [6, 6.07) is 5.63. The molecule has 1 aromatic carbocycles. The molecule has 0 saturated heterocycles. The molecule has 1 rings (SSSR count). The Labute approximate surface area is 116 Å². The molecule has 3 nitrogen and oxygen atoms in total. The number of halogens is 2. The zero-order valence-electron chi connectivity index (χ0n) is 9.92. The average Bonchev–Trinajstić information content (AvgIpc) is 2.30. The van der Waals surface area contributed by atoms with Crippen molar-refractivity contribution in [1.82, 2.24) is 0 Å². The summed E-state index contributed by atoms with van der Waals surface area (Å²) in [6.07, 6.45) is 0.996. The zero-order valence-corrected chi connectivity index (χ0v) is 12.3. The molecule has 0 saturated carbocycles. The monoisotopic (exact) mass is 322 g/mol. The maximum Gasteiger partial charge on any atom is 0.137 e. The van der Waals surface area contributed by atoms with Gasteiger partial charge in [0.2, 0.25) is 0 Å². The molecule has 5 heteroatoms. The number of nitrogens with two attached hydrogens (primary N) is 1. The number of methoxy groups -OCH3 is 1. The molecule has 0 amide bonds. The van der Waals surface area contributed by atoms with Crippen molar-refractivity contribution in [3.8, 4) is 5.75 Å². The molecule has 0 atom stereocenters. The fraction of sp³-hybridized carbons (Fsp3) is 0.500. The van der Waals surface area contributed by atoms with E-state index in [1.54, 1.807) is 7.11 Å². The van der Waals surface area contributed by atoms with E-state index in [0.29, 0.717) is 11.6 Å². The Kier molecular flexibility index (Phi) is 7.60. The Hall–Kier alpha value is -0.290. The smallest absolute Gasteiger partial charge is 0.137 e. The van der Waals surface area contributed by atoms with Gasteiger partial charge in [-0.3, -0.25) is 0 Å².